The van der Waals surface area contributed by atoms with Crippen LogP contribution in [0.3, 0.4) is 0 Å². The molecule has 1 atom stereocenters. The number of benzene rings is 1. The number of rotatable bonds is 5. The van der Waals surface area contributed by atoms with E-state index in [2.05, 4.69) is 33.3 Å². The lowest BCUT2D eigenvalue weighted by molar-refractivity contribution is 0.0600. The Hall–Kier alpha value is -3.94. The number of ether oxygens (including phenoxy) is 1. The van der Waals surface area contributed by atoms with Gasteiger partial charge in [0.2, 0.25) is 0 Å². The Morgan fingerprint density at radius 2 is 2.03 bits per heavy atom. The van der Waals surface area contributed by atoms with Crippen molar-refractivity contribution in [1.29, 1.82) is 0 Å². The van der Waals surface area contributed by atoms with Crippen LogP contribution in [0.25, 0.3) is 16.9 Å². The number of imidazole rings is 1. The van der Waals surface area contributed by atoms with Gasteiger partial charge >= 0.3 is 5.97 Å². The van der Waals surface area contributed by atoms with Gasteiger partial charge in [0.05, 0.1) is 24.1 Å². The van der Waals surface area contributed by atoms with Crippen molar-refractivity contribution in [3.63, 3.8) is 0 Å². The first-order chi connectivity index (χ1) is 15.6. The van der Waals surface area contributed by atoms with Crippen molar-refractivity contribution in [2.24, 2.45) is 0 Å². The molecule has 0 amide bonds. The van der Waals surface area contributed by atoms with Crippen LogP contribution in [0, 0.1) is 0 Å². The SMILES string of the molecule is COC(=O)c1ccc(-c2cc(Nc3cccc(N4CCCC4C)n3)c3nccn3n2)cc1. The number of hydrogen-bond donors (Lipinski definition) is 1. The van der Waals surface area contributed by atoms with Gasteiger partial charge in [-0.3, -0.25) is 0 Å². The van der Waals surface area contributed by atoms with E-state index in [1.807, 2.05) is 36.5 Å². The molecule has 0 spiro atoms. The number of nitrogens with one attached hydrogen (secondary N) is 1. The first-order valence-corrected chi connectivity index (χ1v) is 10.7. The number of anilines is 3. The van der Waals surface area contributed by atoms with E-state index < -0.39 is 0 Å². The molecule has 8 nitrogen and oxygen atoms in total. The van der Waals surface area contributed by atoms with E-state index in [-0.39, 0.29) is 5.97 Å². The number of esters is 1. The molecular formula is C24H24N6O2. The fraction of sp³-hybridized carbons (Fsp3) is 0.250. The maximum absolute atomic E-state index is 11.7. The quantitative estimate of drug-likeness (QED) is 0.474. The third kappa shape index (κ3) is 3.75. The van der Waals surface area contributed by atoms with E-state index in [9.17, 15) is 4.79 Å². The maximum atomic E-state index is 11.7. The van der Waals surface area contributed by atoms with Gasteiger partial charge in [0.25, 0.3) is 0 Å². The molecular weight excluding hydrogens is 404 g/mol. The number of carbonyl (C=O) groups is 1. The Morgan fingerprint density at radius 3 is 2.78 bits per heavy atom. The lowest BCUT2D eigenvalue weighted by Gasteiger charge is -2.23. The molecule has 1 aliphatic rings. The van der Waals surface area contributed by atoms with Gasteiger partial charge in [0.15, 0.2) is 5.65 Å². The largest absolute Gasteiger partial charge is 0.465 e. The second kappa shape index (κ2) is 8.30. The summed E-state index contributed by atoms with van der Waals surface area (Å²) >= 11 is 0. The highest BCUT2D eigenvalue weighted by molar-refractivity contribution is 5.90. The Bertz CT molecular complexity index is 1270. The highest BCUT2D eigenvalue weighted by Crippen LogP contribution is 2.28. The van der Waals surface area contributed by atoms with Gasteiger partial charge in [-0.15, -0.1) is 0 Å². The zero-order valence-corrected chi connectivity index (χ0v) is 18.0. The summed E-state index contributed by atoms with van der Waals surface area (Å²) in [4.78, 5) is 23.4. The molecule has 0 bridgehead atoms. The molecule has 0 aliphatic carbocycles. The third-order valence-electron chi connectivity index (χ3n) is 5.81. The van der Waals surface area contributed by atoms with E-state index in [1.165, 1.54) is 20.0 Å². The van der Waals surface area contributed by atoms with Crippen molar-refractivity contribution < 1.29 is 9.53 Å². The number of fused-ring (bicyclic) bond motifs is 1. The zero-order valence-electron chi connectivity index (χ0n) is 18.0. The molecule has 162 valence electrons. The lowest BCUT2D eigenvalue weighted by Crippen LogP contribution is -2.27. The summed E-state index contributed by atoms with van der Waals surface area (Å²) < 4.78 is 6.51. The van der Waals surface area contributed by atoms with E-state index in [0.717, 1.165) is 35.1 Å². The van der Waals surface area contributed by atoms with Crippen molar-refractivity contribution in [1.82, 2.24) is 19.6 Å². The van der Waals surface area contributed by atoms with E-state index >= 15 is 0 Å². The highest BCUT2D eigenvalue weighted by Gasteiger charge is 2.21. The highest BCUT2D eigenvalue weighted by atomic mass is 16.5. The summed E-state index contributed by atoms with van der Waals surface area (Å²) in [6.45, 7) is 3.27. The first kappa shape index (κ1) is 20.0. The van der Waals surface area contributed by atoms with E-state index in [1.54, 1.807) is 22.8 Å². The second-order valence-electron chi connectivity index (χ2n) is 7.90. The van der Waals surface area contributed by atoms with E-state index in [4.69, 9.17) is 9.72 Å². The van der Waals surface area contributed by atoms with Crippen LogP contribution in [0.5, 0.6) is 0 Å². The van der Waals surface area contributed by atoms with Gasteiger partial charge in [-0.2, -0.15) is 5.10 Å². The molecule has 8 heteroatoms. The Balaban J connectivity index is 1.48. The minimum absolute atomic E-state index is 0.366. The van der Waals surface area contributed by atoms with Gasteiger partial charge < -0.3 is 15.0 Å². The number of pyridine rings is 1. The van der Waals surface area contributed by atoms with Gasteiger partial charge in [0.1, 0.15) is 11.6 Å². The van der Waals surface area contributed by atoms with Gasteiger partial charge in [-0.25, -0.2) is 19.3 Å². The molecule has 1 unspecified atom stereocenters. The molecule has 1 aliphatic heterocycles. The van der Waals surface area contributed by atoms with Crippen molar-refractivity contribution >= 4 is 28.9 Å². The fourth-order valence-corrected chi connectivity index (χ4v) is 4.11. The van der Waals surface area contributed by atoms with Gasteiger partial charge in [0, 0.05) is 30.5 Å². The molecule has 1 fully saturated rings. The summed E-state index contributed by atoms with van der Waals surface area (Å²) in [5.41, 5.74) is 3.64. The van der Waals surface area contributed by atoms with E-state index in [0.29, 0.717) is 17.3 Å². The molecule has 32 heavy (non-hydrogen) atoms. The summed E-state index contributed by atoms with van der Waals surface area (Å²) in [6, 6.07) is 15.6. The topological polar surface area (TPSA) is 84.6 Å². The Labute approximate surface area is 185 Å². The second-order valence-corrected chi connectivity index (χ2v) is 7.90. The van der Waals surface area contributed by atoms with Crippen molar-refractivity contribution in [3.05, 3.63) is 66.5 Å². The monoisotopic (exact) mass is 428 g/mol. The zero-order chi connectivity index (χ0) is 22.1. The molecule has 1 N–H and O–H groups in total. The molecule has 0 saturated carbocycles. The molecule has 0 radical (unpaired) electrons. The molecule has 4 aromatic rings. The molecule has 5 rings (SSSR count). The molecule has 4 heterocycles. The van der Waals surface area contributed by atoms with Crippen LogP contribution in [-0.4, -0.2) is 45.2 Å². The van der Waals surface area contributed by atoms with Crippen LogP contribution in [-0.2, 0) is 4.74 Å². The average molecular weight is 428 g/mol. The van der Waals surface area contributed by atoms with Crippen LogP contribution in [0.1, 0.15) is 30.1 Å². The minimum Gasteiger partial charge on any atom is -0.465 e. The van der Waals surface area contributed by atoms with Crippen LogP contribution in [0.4, 0.5) is 17.3 Å². The Morgan fingerprint density at radius 1 is 1.19 bits per heavy atom. The molecule has 1 saturated heterocycles. The summed E-state index contributed by atoms with van der Waals surface area (Å²) in [5.74, 6) is 1.37. The molecule has 1 aromatic carbocycles. The van der Waals surface area contributed by atoms with Crippen molar-refractivity contribution in [3.8, 4) is 11.3 Å². The Kier molecular flexibility index (Phi) is 5.18. The maximum Gasteiger partial charge on any atom is 0.337 e. The summed E-state index contributed by atoms with van der Waals surface area (Å²) in [5, 5.41) is 8.09. The minimum atomic E-state index is -0.366. The normalized spacial score (nSPS) is 15.8. The van der Waals surface area contributed by atoms with Gasteiger partial charge in [-0.1, -0.05) is 18.2 Å². The van der Waals surface area contributed by atoms with Crippen LogP contribution in [0.15, 0.2) is 60.9 Å². The van der Waals surface area contributed by atoms with Crippen molar-refractivity contribution in [2.45, 2.75) is 25.8 Å². The fourth-order valence-electron chi connectivity index (χ4n) is 4.11. The number of methoxy groups -OCH3 is 1. The van der Waals surface area contributed by atoms with Crippen LogP contribution in [0.2, 0.25) is 0 Å². The number of carbonyl (C=O) groups excluding carboxylic acids is 1. The average Bonchev–Trinajstić information content (AvgIpc) is 3.48. The summed E-state index contributed by atoms with van der Waals surface area (Å²) in [6.07, 6.45) is 5.91. The first-order valence-electron chi connectivity index (χ1n) is 10.7. The predicted octanol–water partition coefficient (Wildman–Crippen LogP) is 4.31. The molecule has 3 aromatic heterocycles. The van der Waals surface area contributed by atoms with Crippen molar-refractivity contribution in [2.75, 3.05) is 23.9 Å². The number of hydrogen-bond acceptors (Lipinski definition) is 7. The predicted molar refractivity (Wildman–Crippen MR) is 123 cm³/mol. The van der Waals surface area contributed by atoms with Gasteiger partial charge in [-0.05, 0) is 50.1 Å². The number of aromatic nitrogens is 4. The summed E-state index contributed by atoms with van der Waals surface area (Å²) in [7, 11) is 1.37. The standard InChI is InChI=1S/C24H24N6O2/c1-16-5-4-13-29(16)22-7-3-6-21(27-22)26-20-15-19(28-30-14-12-25-23(20)30)17-8-10-18(11-9-17)24(31)32-2/h3,6-12,14-16H,4-5,13H2,1-2H3,(H,26,27). The third-order valence-corrected chi connectivity index (χ3v) is 5.81. The smallest absolute Gasteiger partial charge is 0.337 e. The van der Waals surface area contributed by atoms with Crippen LogP contribution >= 0.6 is 0 Å². The van der Waals surface area contributed by atoms with Crippen LogP contribution < -0.4 is 10.2 Å². The lowest BCUT2D eigenvalue weighted by atomic mass is 10.1. The number of nitrogens with zero attached hydrogens (tertiary/aromatic N) is 5.